The summed E-state index contributed by atoms with van der Waals surface area (Å²) in [6.07, 6.45) is 2.57. The number of rotatable bonds is 6. The van der Waals surface area contributed by atoms with Crippen molar-refractivity contribution in [1.82, 2.24) is 9.97 Å². The van der Waals surface area contributed by atoms with Crippen molar-refractivity contribution in [2.45, 2.75) is 52.6 Å². The van der Waals surface area contributed by atoms with Gasteiger partial charge in [-0.1, -0.05) is 13.8 Å². The molecule has 18 heavy (non-hydrogen) atoms. The first-order valence-electron chi connectivity index (χ1n) is 6.64. The topological polar surface area (TPSA) is 61.0 Å². The molecule has 0 fully saturated rings. The van der Waals surface area contributed by atoms with Crippen molar-refractivity contribution in [3.8, 4) is 0 Å². The molecule has 0 bridgehead atoms. The Bertz CT molecular complexity index is 369. The van der Waals surface area contributed by atoms with Gasteiger partial charge in [-0.3, -0.25) is 0 Å². The predicted molar refractivity (Wildman–Crippen MR) is 73.5 cm³/mol. The average molecular weight is 251 g/mol. The molecule has 0 aromatic carbocycles. The molecular weight excluding hydrogens is 226 g/mol. The largest absolute Gasteiger partial charge is 0.370 e. The van der Waals surface area contributed by atoms with Crippen LogP contribution in [0.5, 0.6) is 0 Å². The van der Waals surface area contributed by atoms with Crippen LogP contribution in [-0.2, 0) is 16.8 Å². The van der Waals surface area contributed by atoms with Crippen LogP contribution in [0.1, 0.15) is 49.5 Å². The number of ether oxygens (including phenoxy) is 1. The third-order valence-corrected chi connectivity index (χ3v) is 3.76. The summed E-state index contributed by atoms with van der Waals surface area (Å²) in [7, 11) is 1.73. The summed E-state index contributed by atoms with van der Waals surface area (Å²) in [6.45, 7) is 8.88. The summed E-state index contributed by atoms with van der Waals surface area (Å²) in [4.78, 5) is 9.29. The highest BCUT2D eigenvalue weighted by Crippen LogP contribution is 2.30. The normalized spacial score (nSPS) is 11.9. The molecule has 0 unspecified atom stereocenters. The molecule has 0 spiro atoms. The van der Waals surface area contributed by atoms with Crippen LogP contribution in [0.3, 0.4) is 0 Å². The molecule has 4 heteroatoms. The summed E-state index contributed by atoms with van der Waals surface area (Å²) in [5.74, 6) is 0.797. The minimum Gasteiger partial charge on any atom is -0.370 e. The van der Waals surface area contributed by atoms with E-state index in [2.05, 4.69) is 23.8 Å². The van der Waals surface area contributed by atoms with Crippen molar-refractivity contribution in [3.05, 3.63) is 22.8 Å². The molecule has 0 aliphatic rings. The third-order valence-electron chi connectivity index (χ3n) is 3.76. The quantitative estimate of drug-likeness (QED) is 0.842. The van der Waals surface area contributed by atoms with Gasteiger partial charge >= 0.3 is 0 Å². The average Bonchev–Trinajstić information content (AvgIpc) is 2.37. The van der Waals surface area contributed by atoms with Crippen molar-refractivity contribution in [2.24, 2.45) is 5.73 Å². The summed E-state index contributed by atoms with van der Waals surface area (Å²) >= 11 is 0. The lowest BCUT2D eigenvalue weighted by Crippen LogP contribution is -2.30. The maximum absolute atomic E-state index is 5.68. The second-order valence-corrected chi connectivity index (χ2v) is 4.64. The van der Waals surface area contributed by atoms with Crippen LogP contribution in [0.4, 0.5) is 0 Å². The van der Waals surface area contributed by atoms with Crippen molar-refractivity contribution < 1.29 is 4.74 Å². The number of methoxy groups -OCH3 is 1. The first-order valence-corrected chi connectivity index (χ1v) is 6.64. The Labute approximate surface area is 110 Å². The summed E-state index contributed by atoms with van der Waals surface area (Å²) in [5, 5.41) is 0. The molecule has 0 saturated heterocycles. The predicted octanol–water partition coefficient (Wildman–Crippen LogP) is 2.26. The fourth-order valence-corrected chi connectivity index (χ4v) is 2.40. The smallest absolute Gasteiger partial charge is 0.160 e. The van der Waals surface area contributed by atoms with Gasteiger partial charge in [0, 0.05) is 18.5 Å². The van der Waals surface area contributed by atoms with E-state index in [4.69, 9.17) is 10.5 Å². The minimum atomic E-state index is -0.364. The zero-order valence-electron chi connectivity index (χ0n) is 12.2. The first-order chi connectivity index (χ1) is 8.54. The van der Waals surface area contributed by atoms with E-state index in [1.807, 2.05) is 13.8 Å². The maximum Gasteiger partial charge on any atom is 0.160 e. The van der Waals surface area contributed by atoms with Gasteiger partial charge in [0.05, 0.1) is 0 Å². The van der Waals surface area contributed by atoms with Crippen LogP contribution in [0, 0.1) is 13.8 Å². The number of aryl methyl sites for hydroxylation is 2. The molecule has 0 aliphatic carbocycles. The van der Waals surface area contributed by atoms with E-state index < -0.39 is 0 Å². The van der Waals surface area contributed by atoms with E-state index in [-0.39, 0.29) is 5.60 Å². The summed E-state index contributed by atoms with van der Waals surface area (Å²) < 4.78 is 5.68. The second kappa shape index (κ2) is 6.25. The van der Waals surface area contributed by atoms with E-state index in [0.29, 0.717) is 6.54 Å². The Hall–Kier alpha value is -1.00. The van der Waals surface area contributed by atoms with E-state index in [1.54, 1.807) is 7.11 Å². The van der Waals surface area contributed by atoms with E-state index in [0.717, 1.165) is 36.5 Å². The third kappa shape index (κ3) is 2.70. The molecule has 0 atom stereocenters. The highest BCUT2D eigenvalue weighted by Gasteiger charge is 2.32. The lowest BCUT2D eigenvalue weighted by Gasteiger charge is -2.29. The SMILES string of the molecule is CCC(CC)(OC)c1nc(C)c(CCN)c(C)n1. The summed E-state index contributed by atoms with van der Waals surface area (Å²) in [6, 6.07) is 0. The van der Waals surface area contributed by atoms with Gasteiger partial charge in [-0.05, 0) is 45.2 Å². The van der Waals surface area contributed by atoms with Gasteiger partial charge in [0.2, 0.25) is 0 Å². The van der Waals surface area contributed by atoms with E-state index in [1.165, 1.54) is 5.56 Å². The number of aromatic nitrogens is 2. The molecule has 1 aromatic rings. The van der Waals surface area contributed by atoms with Crippen LogP contribution >= 0.6 is 0 Å². The highest BCUT2D eigenvalue weighted by molar-refractivity contribution is 5.26. The van der Waals surface area contributed by atoms with Gasteiger partial charge in [0.25, 0.3) is 0 Å². The second-order valence-electron chi connectivity index (χ2n) is 4.64. The zero-order valence-corrected chi connectivity index (χ0v) is 12.2. The molecule has 1 aromatic heterocycles. The Morgan fingerprint density at radius 3 is 1.94 bits per heavy atom. The van der Waals surface area contributed by atoms with E-state index >= 15 is 0 Å². The first kappa shape index (κ1) is 15.1. The number of hydrogen-bond donors (Lipinski definition) is 1. The standard InChI is InChI=1S/C14H25N3O/c1-6-14(7-2,18-5)13-16-10(3)12(8-9-15)11(4)17-13/h6-9,15H2,1-5H3. The number of hydrogen-bond acceptors (Lipinski definition) is 4. The van der Waals surface area contributed by atoms with Gasteiger partial charge in [-0.25, -0.2) is 9.97 Å². The van der Waals surface area contributed by atoms with Crippen LogP contribution in [0.15, 0.2) is 0 Å². The molecular formula is C14H25N3O. The Morgan fingerprint density at radius 2 is 1.61 bits per heavy atom. The van der Waals surface area contributed by atoms with Crippen LogP contribution in [0.2, 0.25) is 0 Å². The maximum atomic E-state index is 5.68. The Balaban J connectivity index is 3.27. The van der Waals surface area contributed by atoms with Gasteiger partial charge in [-0.15, -0.1) is 0 Å². The molecule has 2 N–H and O–H groups in total. The zero-order chi connectivity index (χ0) is 13.8. The molecule has 4 nitrogen and oxygen atoms in total. The van der Waals surface area contributed by atoms with Gasteiger partial charge in [0.1, 0.15) is 5.60 Å². The molecule has 0 amide bonds. The fraction of sp³-hybridized carbons (Fsp3) is 0.714. The molecule has 1 rings (SSSR count). The van der Waals surface area contributed by atoms with E-state index in [9.17, 15) is 0 Å². The number of nitrogens with two attached hydrogens (primary N) is 1. The molecule has 1 heterocycles. The Morgan fingerprint density at radius 1 is 1.11 bits per heavy atom. The minimum absolute atomic E-state index is 0.364. The van der Waals surface area contributed by atoms with Crippen LogP contribution in [-0.4, -0.2) is 23.6 Å². The van der Waals surface area contributed by atoms with Gasteiger partial charge < -0.3 is 10.5 Å². The van der Waals surface area contributed by atoms with Crippen molar-refractivity contribution in [2.75, 3.05) is 13.7 Å². The molecule has 102 valence electrons. The fourth-order valence-electron chi connectivity index (χ4n) is 2.40. The lowest BCUT2D eigenvalue weighted by atomic mass is 9.95. The van der Waals surface area contributed by atoms with Crippen LogP contribution in [0.25, 0.3) is 0 Å². The summed E-state index contributed by atoms with van der Waals surface area (Å²) in [5.41, 5.74) is 8.46. The molecule has 0 saturated carbocycles. The molecule has 0 radical (unpaired) electrons. The monoisotopic (exact) mass is 251 g/mol. The Kier molecular flexibility index (Phi) is 5.23. The van der Waals surface area contributed by atoms with Crippen molar-refractivity contribution in [1.29, 1.82) is 0 Å². The highest BCUT2D eigenvalue weighted by atomic mass is 16.5. The number of nitrogens with zero attached hydrogens (tertiary/aromatic N) is 2. The van der Waals surface area contributed by atoms with Crippen molar-refractivity contribution in [3.63, 3.8) is 0 Å². The van der Waals surface area contributed by atoms with Gasteiger partial charge in [-0.2, -0.15) is 0 Å². The van der Waals surface area contributed by atoms with Crippen molar-refractivity contribution >= 4 is 0 Å². The van der Waals surface area contributed by atoms with Crippen LogP contribution < -0.4 is 5.73 Å². The molecule has 0 aliphatic heterocycles. The van der Waals surface area contributed by atoms with Gasteiger partial charge in [0.15, 0.2) is 5.82 Å². The lowest BCUT2D eigenvalue weighted by molar-refractivity contribution is -0.0294.